The molecule has 2 atom stereocenters. The summed E-state index contributed by atoms with van der Waals surface area (Å²) in [7, 11) is 0. The van der Waals surface area contributed by atoms with E-state index >= 15 is 0 Å². The smallest absolute Gasteiger partial charge is 0.0341 e. The summed E-state index contributed by atoms with van der Waals surface area (Å²) in [6, 6.07) is 4.73. The van der Waals surface area contributed by atoms with Gasteiger partial charge in [-0.1, -0.05) is 25.0 Å². The van der Waals surface area contributed by atoms with E-state index in [0.29, 0.717) is 11.3 Å². The summed E-state index contributed by atoms with van der Waals surface area (Å²) in [5.41, 5.74) is 5.81. The monoisotopic (exact) mass is 250 g/mol. The fourth-order valence-electron chi connectivity index (χ4n) is 3.01. The largest absolute Gasteiger partial charge is 0.123 e. The Hall–Kier alpha value is -0.490. The van der Waals surface area contributed by atoms with Gasteiger partial charge in [0.2, 0.25) is 0 Å². The van der Waals surface area contributed by atoms with Crippen LogP contribution < -0.4 is 0 Å². The summed E-state index contributed by atoms with van der Waals surface area (Å²) in [6.45, 7) is 6.66. The van der Waals surface area contributed by atoms with Gasteiger partial charge in [-0.15, -0.1) is 11.6 Å². The molecule has 0 saturated heterocycles. The van der Waals surface area contributed by atoms with Crippen LogP contribution in [0.2, 0.25) is 0 Å². The summed E-state index contributed by atoms with van der Waals surface area (Å²) in [5, 5.41) is 0.378. The zero-order chi connectivity index (χ0) is 12.4. The van der Waals surface area contributed by atoms with Crippen molar-refractivity contribution in [3.8, 4) is 0 Å². The van der Waals surface area contributed by atoms with Gasteiger partial charge in [-0.3, -0.25) is 0 Å². The zero-order valence-corrected chi connectivity index (χ0v) is 12.0. The van der Waals surface area contributed by atoms with E-state index in [1.807, 2.05) is 0 Å². The molecule has 1 fully saturated rings. The third-order valence-corrected chi connectivity index (χ3v) is 4.58. The van der Waals surface area contributed by atoms with Gasteiger partial charge in [0, 0.05) is 5.38 Å². The molecular weight excluding hydrogens is 228 g/mol. The highest BCUT2D eigenvalue weighted by molar-refractivity contribution is 6.20. The molecule has 2 rings (SSSR count). The lowest BCUT2D eigenvalue weighted by Crippen LogP contribution is -2.06. The van der Waals surface area contributed by atoms with Crippen LogP contribution in [0.1, 0.15) is 60.3 Å². The number of benzene rings is 1. The van der Waals surface area contributed by atoms with Crippen molar-refractivity contribution >= 4 is 11.6 Å². The maximum absolute atomic E-state index is 6.39. The molecule has 0 aromatic heterocycles. The normalized spacial score (nSPS) is 25.6. The first kappa shape index (κ1) is 13.0. The molecule has 0 nitrogen and oxygen atoms in total. The van der Waals surface area contributed by atoms with Crippen LogP contribution in [0.15, 0.2) is 12.1 Å². The van der Waals surface area contributed by atoms with Gasteiger partial charge in [0.1, 0.15) is 0 Å². The molecule has 0 heterocycles. The SMILES string of the molecule is Cc1cc(C)c(C2CCCCC(Cl)C2)cc1C. The second-order valence-electron chi connectivity index (χ2n) is 5.61. The molecule has 1 aliphatic rings. The van der Waals surface area contributed by atoms with E-state index in [0.717, 1.165) is 6.42 Å². The minimum Gasteiger partial charge on any atom is -0.123 e. The number of aryl methyl sites for hydroxylation is 3. The molecule has 1 aromatic rings. The van der Waals surface area contributed by atoms with E-state index < -0.39 is 0 Å². The van der Waals surface area contributed by atoms with E-state index in [-0.39, 0.29) is 0 Å². The first-order chi connectivity index (χ1) is 8.08. The number of alkyl halides is 1. The van der Waals surface area contributed by atoms with E-state index in [1.54, 1.807) is 5.56 Å². The first-order valence-corrected chi connectivity index (χ1v) is 7.23. The maximum Gasteiger partial charge on any atom is 0.0341 e. The van der Waals surface area contributed by atoms with Gasteiger partial charge in [-0.05, 0) is 68.2 Å². The van der Waals surface area contributed by atoms with E-state index in [4.69, 9.17) is 11.6 Å². The van der Waals surface area contributed by atoms with Crippen LogP contribution in [0.25, 0.3) is 0 Å². The molecule has 2 unspecified atom stereocenters. The molecule has 0 radical (unpaired) electrons. The Morgan fingerprint density at radius 2 is 1.59 bits per heavy atom. The maximum atomic E-state index is 6.39. The number of hydrogen-bond donors (Lipinski definition) is 0. The standard InChI is InChI=1S/C16H23Cl/c1-11-8-13(3)16(9-12(11)2)14-6-4-5-7-15(17)10-14/h8-9,14-15H,4-7,10H2,1-3H3. The lowest BCUT2D eigenvalue weighted by molar-refractivity contribution is 0.592. The van der Waals surface area contributed by atoms with Crippen LogP contribution in [-0.4, -0.2) is 5.38 Å². The minimum atomic E-state index is 0.378. The van der Waals surface area contributed by atoms with Gasteiger partial charge in [0.25, 0.3) is 0 Å². The highest BCUT2D eigenvalue weighted by atomic mass is 35.5. The lowest BCUT2D eigenvalue weighted by Gasteiger charge is -2.20. The van der Waals surface area contributed by atoms with E-state index in [1.165, 1.54) is 42.4 Å². The molecular formula is C16H23Cl. The van der Waals surface area contributed by atoms with E-state index in [9.17, 15) is 0 Å². The van der Waals surface area contributed by atoms with Crippen molar-refractivity contribution in [2.24, 2.45) is 0 Å². The van der Waals surface area contributed by atoms with Gasteiger partial charge in [-0.25, -0.2) is 0 Å². The Bertz CT molecular complexity index is 395. The summed E-state index contributed by atoms with van der Waals surface area (Å²) in [5.74, 6) is 0.680. The Labute approximate surface area is 110 Å². The molecule has 0 spiro atoms. The van der Waals surface area contributed by atoms with Crippen molar-refractivity contribution in [3.05, 3.63) is 34.4 Å². The van der Waals surface area contributed by atoms with Crippen molar-refractivity contribution in [2.45, 2.75) is 64.2 Å². The average Bonchev–Trinajstić information content (AvgIpc) is 2.48. The number of rotatable bonds is 1. The van der Waals surface area contributed by atoms with Crippen molar-refractivity contribution in [3.63, 3.8) is 0 Å². The van der Waals surface area contributed by atoms with Crippen LogP contribution in [0, 0.1) is 20.8 Å². The van der Waals surface area contributed by atoms with Crippen LogP contribution in [0.3, 0.4) is 0 Å². The third kappa shape index (κ3) is 3.04. The highest BCUT2D eigenvalue weighted by Crippen LogP contribution is 2.36. The van der Waals surface area contributed by atoms with Crippen LogP contribution >= 0.6 is 11.6 Å². The van der Waals surface area contributed by atoms with Crippen LogP contribution in [0.4, 0.5) is 0 Å². The van der Waals surface area contributed by atoms with Gasteiger partial charge >= 0.3 is 0 Å². The Balaban J connectivity index is 2.28. The second kappa shape index (κ2) is 5.44. The summed E-state index contributed by atoms with van der Waals surface area (Å²) in [6.07, 6.45) is 6.30. The number of halogens is 1. The van der Waals surface area contributed by atoms with Gasteiger partial charge in [0.05, 0.1) is 0 Å². The Morgan fingerprint density at radius 3 is 2.35 bits per heavy atom. The average molecular weight is 251 g/mol. The predicted molar refractivity (Wildman–Crippen MR) is 76.1 cm³/mol. The van der Waals surface area contributed by atoms with E-state index in [2.05, 4.69) is 32.9 Å². The van der Waals surface area contributed by atoms with Crippen LogP contribution in [-0.2, 0) is 0 Å². The zero-order valence-electron chi connectivity index (χ0n) is 11.2. The predicted octanol–water partition coefficient (Wildman–Crippen LogP) is 5.27. The molecule has 0 amide bonds. The molecule has 1 aromatic carbocycles. The molecule has 17 heavy (non-hydrogen) atoms. The van der Waals surface area contributed by atoms with Crippen molar-refractivity contribution in [1.82, 2.24) is 0 Å². The van der Waals surface area contributed by atoms with Crippen molar-refractivity contribution < 1.29 is 0 Å². The minimum absolute atomic E-state index is 0.378. The molecule has 1 aliphatic carbocycles. The van der Waals surface area contributed by atoms with Gasteiger partial charge in [0.15, 0.2) is 0 Å². The summed E-state index contributed by atoms with van der Waals surface area (Å²) < 4.78 is 0. The van der Waals surface area contributed by atoms with Gasteiger partial charge in [-0.2, -0.15) is 0 Å². The Kier molecular flexibility index (Phi) is 4.14. The summed E-state index contributed by atoms with van der Waals surface area (Å²) in [4.78, 5) is 0. The second-order valence-corrected chi connectivity index (χ2v) is 6.22. The van der Waals surface area contributed by atoms with Crippen molar-refractivity contribution in [2.75, 3.05) is 0 Å². The lowest BCUT2D eigenvalue weighted by atomic mass is 9.86. The third-order valence-electron chi connectivity index (χ3n) is 4.18. The fourth-order valence-corrected chi connectivity index (χ4v) is 3.38. The molecule has 94 valence electrons. The fraction of sp³-hybridized carbons (Fsp3) is 0.625. The first-order valence-electron chi connectivity index (χ1n) is 6.79. The topological polar surface area (TPSA) is 0 Å². The highest BCUT2D eigenvalue weighted by Gasteiger charge is 2.21. The van der Waals surface area contributed by atoms with Gasteiger partial charge < -0.3 is 0 Å². The quantitative estimate of drug-likeness (QED) is 0.471. The summed E-state index contributed by atoms with van der Waals surface area (Å²) >= 11 is 6.39. The molecule has 0 aliphatic heterocycles. The molecule has 0 bridgehead atoms. The Morgan fingerprint density at radius 1 is 0.941 bits per heavy atom. The van der Waals surface area contributed by atoms with Crippen molar-refractivity contribution in [1.29, 1.82) is 0 Å². The molecule has 1 saturated carbocycles. The molecule has 1 heteroatoms. The van der Waals surface area contributed by atoms with Crippen LogP contribution in [0.5, 0.6) is 0 Å². The number of hydrogen-bond acceptors (Lipinski definition) is 0. The molecule has 0 N–H and O–H groups in total.